The molecule has 1 saturated heterocycles. The fourth-order valence-electron chi connectivity index (χ4n) is 3.07. The largest absolute Gasteiger partial charge is 0.341 e. The van der Waals surface area contributed by atoms with E-state index in [2.05, 4.69) is 10.1 Å². The Morgan fingerprint density at radius 1 is 1.20 bits per heavy atom. The number of carbonyl (C=O) groups excluding carboxylic acids is 1. The van der Waals surface area contributed by atoms with Crippen LogP contribution in [-0.4, -0.2) is 43.2 Å². The van der Waals surface area contributed by atoms with Gasteiger partial charge in [-0.1, -0.05) is 23.7 Å². The lowest BCUT2D eigenvalue weighted by molar-refractivity contribution is -0.130. The first-order valence-electron chi connectivity index (χ1n) is 8.11. The molecule has 1 aliphatic heterocycles. The van der Waals surface area contributed by atoms with Gasteiger partial charge in [0.05, 0.1) is 16.9 Å². The summed E-state index contributed by atoms with van der Waals surface area (Å²) in [6.07, 6.45) is 4.89. The summed E-state index contributed by atoms with van der Waals surface area (Å²) in [5.41, 5.74) is 0.788. The average molecular weight is 358 g/mol. The summed E-state index contributed by atoms with van der Waals surface area (Å²) in [5, 5.41) is 5.12. The van der Waals surface area contributed by atoms with Crippen molar-refractivity contribution in [3.63, 3.8) is 0 Å². The minimum atomic E-state index is -0.282. The lowest BCUT2D eigenvalue weighted by atomic mass is 10.3. The number of rotatable bonds is 3. The maximum absolute atomic E-state index is 12.7. The van der Waals surface area contributed by atoms with Gasteiger partial charge in [0.25, 0.3) is 5.56 Å². The fraction of sp³-hybridized carbons (Fsp3) is 0.294. The topological polar surface area (TPSA) is 73.0 Å². The highest BCUT2D eigenvalue weighted by atomic mass is 35.5. The summed E-state index contributed by atoms with van der Waals surface area (Å²) in [6, 6.07) is 7.21. The van der Waals surface area contributed by atoms with E-state index in [1.54, 1.807) is 17.0 Å². The second kappa shape index (κ2) is 6.33. The molecule has 128 valence electrons. The first kappa shape index (κ1) is 15.8. The summed E-state index contributed by atoms with van der Waals surface area (Å²) >= 11 is 6.21. The van der Waals surface area contributed by atoms with Gasteiger partial charge in [0, 0.05) is 13.1 Å². The normalized spacial score (nSPS) is 14.4. The monoisotopic (exact) mass is 357 g/mol. The van der Waals surface area contributed by atoms with E-state index in [-0.39, 0.29) is 18.0 Å². The molecule has 1 fully saturated rings. The van der Waals surface area contributed by atoms with Crippen LogP contribution in [0, 0.1) is 0 Å². The molecule has 7 nitrogen and oxygen atoms in total. The van der Waals surface area contributed by atoms with Crippen LogP contribution in [0.15, 0.2) is 41.6 Å². The molecule has 0 saturated carbocycles. The van der Waals surface area contributed by atoms with Gasteiger partial charge in [-0.15, -0.1) is 0 Å². The van der Waals surface area contributed by atoms with Crippen molar-refractivity contribution in [3.05, 3.63) is 52.2 Å². The number of benzene rings is 1. The minimum absolute atomic E-state index is 0.000946. The Hall–Kier alpha value is -2.67. The number of aromatic nitrogens is 4. The predicted octanol–water partition coefficient (Wildman–Crippen LogP) is 1.86. The molecule has 25 heavy (non-hydrogen) atoms. The van der Waals surface area contributed by atoms with Crippen molar-refractivity contribution in [1.82, 2.24) is 24.2 Å². The van der Waals surface area contributed by atoms with Gasteiger partial charge in [-0.3, -0.25) is 14.2 Å². The molecule has 1 aliphatic rings. The molecule has 0 unspecified atom stereocenters. The average Bonchev–Trinajstić information content (AvgIpc) is 3.28. The summed E-state index contributed by atoms with van der Waals surface area (Å²) < 4.78 is 2.87. The molecule has 0 radical (unpaired) electrons. The highest BCUT2D eigenvalue weighted by molar-refractivity contribution is 6.32. The quantitative estimate of drug-likeness (QED) is 0.717. The molecule has 1 aromatic carbocycles. The van der Waals surface area contributed by atoms with E-state index in [1.165, 1.54) is 21.8 Å². The number of carbonyl (C=O) groups is 1. The van der Waals surface area contributed by atoms with Crippen LogP contribution in [0.5, 0.6) is 0 Å². The SMILES string of the molecule is O=C(Cn1cnc2c(cnn2-c2ccccc2Cl)c1=O)N1CCCC1. The Balaban J connectivity index is 1.71. The maximum Gasteiger partial charge on any atom is 0.264 e. The second-order valence-electron chi connectivity index (χ2n) is 6.01. The number of likely N-dealkylation sites (tertiary alicyclic amines) is 1. The van der Waals surface area contributed by atoms with Crippen molar-refractivity contribution in [1.29, 1.82) is 0 Å². The molecule has 3 aromatic rings. The summed E-state index contributed by atoms with van der Waals surface area (Å²) in [4.78, 5) is 31.1. The van der Waals surface area contributed by atoms with Gasteiger partial charge in [-0.2, -0.15) is 5.10 Å². The van der Waals surface area contributed by atoms with Crippen molar-refractivity contribution >= 4 is 28.5 Å². The smallest absolute Gasteiger partial charge is 0.264 e. The van der Waals surface area contributed by atoms with Crippen LogP contribution in [0.2, 0.25) is 5.02 Å². The fourth-order valence-corrected chi connectivity index (χ4v) is 3.29. The molecule has 4 rings (SSSR count). The lowest BCUT2D eigenvalue weighted by Gasteiger charge is -2.15. The Morgan fingerprint density at radius 2 is 1.96 bits per heavy atom. The van der Waals surface area contributed by atoms with Crippen molar-refractivity contribution in [2.75, 3.05) is 13.1 Å². The number of nitrogens with zero attached hydrogens (tertiary/aromatic N) is 5. The van der Waals surface area contributed by atoms with Crippen molar-refractivity contribution in [2.45, 2.75) is 19.4 Å². The van der Waals surface area contributed by atoms with Crippen LogP contribution in [0.1, 0.15) is 12.8 Å². The van der Waals surface area contributed by atoms with Gasteiger partial charge in [0.1, 0.15) is 18.3 Å². The first-order valence-corrected chi connectivity index (χ1v) is 8.49. The number of hydrogen-bond donors (Lipinski definition) is 0. The van der Waals surface area contributed by atoms with E-state index in [4.69, 9.17) is 11.6 Å². The standard InChI is InChI=1S/C17H16ClN5O2/c18-13-5-1-2-6-14(13)23-16-12(9-20-23)17(25)22(11-19-16)10-15(24)21-7-3-4-8-21/h1-2,5-6,9,11H,3-4,7-8,10H2. The van der Waals surface area contributed by atoms with Crippen LogP contribution >= 0.6 is 11.6 Å². The maximum atomic E-state index is 12.7. The molecule has 1 amide bonds. The van der Waals surface area contributed by atoms with E-state index in [0.717, 1.165) is 25.9 Å². The third-order valence-corrected chi connectivity index (χ3v) is 4.72. The van der Waals surface area contributed by atoms with E-state index in [0.29, 0.717) is 21.7 Å². The van der Waals surface area contributed by atoms with Gasteiger partial charge in [-0.25, -0.2) is 9.67 Å². The van der Waals surface area contributed by atoms with Gasteiger partial charge in [-0.05, 0) is 25.0 Å². The molecular formula is C17H16ClN5O2. The molecule has 0 bridgehead atoms. The number of para-hydroxylation sites is 1. The van der Waals surface area contributed by atoms with Gasteiger partial charge in [0.15, 0.2) is 5.65 Å². The zero-order valence-corrected chi connectivity index (χ0v) is 14.2. The van der Waals surface area contributed by atoms with Crippen molar-refractivity contribution in [2.24, 2.45) is 0 Å². The second-order valence-corrected chi connectivity index (χ2v) is 6.42. The number of halogens is 1. The molecule has 3 heterocycles. The van der Waals surface area contributed by atoms with Gasteiger partial charge >= 0.3 is 0 Å². The highest BCUT2D eigenvalue weighted by Crippen LogP contribution is 2.21. The summed E-state index contributed by atoms with van der Waals surface area (Å²) in [6.45, 7) is 1.51. The third-order valence-electron chi connectivity index (χ3n) is 4.40. The minimum Gasteiger partial charge on any atom is -0.341 e. The first-order chi connectivity index (χ1) is 12.1. The molecule has 0 spiro atoms. The number of hydrogen-bond acceptors (Lipinski definition) is 4. The van der Waals surface area contributed by atoms with Gasteiger partial charge in [0.2, 0.25) is 5.91 Å². The summed E-state index contributed by atoms with van der Waals surface area (Å²) in [7, 11) is 0. The zero-order chi connectivity index (χ0) is 17.4. The van der Waals surface area contributed by atoms with Crippen LogP contribution in [-0.2, 0) is 11.3 Å². The third kappa shape index (κ3) is 2.80. The summed E-state index contributed by atoms with van der Waals surface area (Å²) in [5.74, 6) is -0.0563. The molecule has 0 N–H and O–H groups in total. The Labute approximate surface area is 148 Å². The predicted molar refractivity (Wildman–Crippen MR) is 93.9 cm³/mol. The van der Waals surface area contributed by atoms with Crippen LogP contribution < -0.4 is 5.56 Å². The van der Waals surface area contributed by atoms with Crippen LogP contribution in [0.3, 0.4) is 0 Å². The van der Waals surface area contributed by atoms with E-state index in [1.807, 2.05) is 12.1 Å². The number of amides is 1. The van der Waals surface area contributed by atoms with Crippen molar-refractivity contribution in [3.8, 4) is 5.69 Å². The molecule has 0 aliphatic carbocycles. The Kier molecular flexibility index (Phi) is 4.01. The number of fused-ring (bicyclic) bond motifs is 1. The Bertz CT molecular complexity index is 1000. The molecular weight excluding hydrogens is 342 g/mol. The molecule has 2 aromatic heterocycles. The molecule has 8 heteroatoms. The van der Waals surface area contributed by atoms with E-state index >= 15 is 0 Å². The zero-order valence-electron chi connectivity index (χ0n) is 13.4. The van der Waals surface area contributed by atoms with E-state index in [9.17, 15) is 9.59 Å². The van der Waals surface area contributed by atoms with Gasteiger partial charge < -0.3 is 4.90 Å². The lowest BCUT2D eigenvalue weighted by Crippen LogP contribution is -2.34. The Morgan fingerprint density at radius 3 is 2.72 bits per heavy atom. The molecule has 0 atom stereocenters. The van der Waals surface area contributed by atoms with E-state index < -0.39 is 0 Å². The van der Waals surface area contributed by atoms with Crippen LogP contribution in [0.25, 0.3) is 16.7 Å². The highest BCUT2D eigenvalue weighted by Gasteiger charge is 2.20. The van der Waals surface area contributed by atoms with Crippen LogP contribution in [0.4, 0.5) is 0 Å². The van der Waals surface area contributed by atoms with Crippen molar-refractivity contribution < 1.29 is 4.79 Å².